The zero-order valence-electron chi connectivity index (χ0n) is 11.1. The Morgan fingerprint density at radius 2 is 2.15 bits per heavy atom. The summed E-state index contributed by atoms with van der Waals surface area (Å²) in [5, 5.41) is 9.06. The highest BCUT2D eigenvalue weighted by Crippen LogP contribution is 2.26. The van der Waals surface area contributed by atoms with Crippen molar-refractivity contribution >= 4 is 16.0 Å². The van der Waals surface area contributed by atoms with Crippen LogP contribution in [0.4, 0.5) is 0 Å². The first-order valence-corrected chi connectivity index (χ1v) is 7.83. The van der Waals surface area contributed by atoms with Crippen LogP contribution in [0.1, 0.15) is 29.6 Å². The first-order chi connectivity index (χ1) is 9.44. The fraction of sp³-hybridized carbons (Fsp3) is 0.462. The Balaban J connectivity index is 2.22. The number of nitrogens with one attached hydrogen (secondary N) is 1. The molecule has 2 N–H and O–H groups in total. The van der Waals surface area contributed by atoms with E-state index in [2.05, 4.69) is 4.72 Å². The molecule has 0 bridgehead atoms. The van der Waals surface area contributed by atoms with Crippen LogP contribution in [-0.2, 0) is 10.0 Å². The molecule has 20 heavy (non-hydrogen) atoms. The topological polar surface area (TPSA) is 92.7 Å². The molecule has 2 rings (SSSR count). The van der Waals surface area contributed by atoms with Crippen LogP contribution in [-0.4, -0.2) is 33.1 Å². The van der Waals surface area contributed by atoms with Crippen molar-refractivity contribution < 1.29 is 23.1 Å². The number of hydrogen-bond donors (Lipinski definition) is 2. The third kappa shape index (κ3) is 3.10. The molecule has 0 amide bonds. The molecule has 1 aliphatic rings. The van der Waals surface area contributed by atoms with Crippen LogP contribution in [0.15, 0.2) is 23.1 Å². The highest BCUT2D eigenvalue weighted by Gasteiger charge is 2.23. The van der Waals surface area contributed by atoms with Gasteiger partial charge >= 0.3 is 5.97 Å². The molecular weight excluding hydrogens is 282 g/mol. The van der Waals surface area contributed by atoms with Crippen molar-refractivity contribution in [3.63, 3.8) is 0 Å². The van der Waals surface area contributed by atoms with Gasteiger partial charge in [0, 0.05) is 6.54 Å². The molecule has 1 aromatic carbocycles. The monoisotopic (exact) mass is 299 g/mol. The highest BCUT2D eigenvalue weighted by molar-refractivity contribution is 7.89. The van der Waals surface area contributed by atoms with Crippen molar-refractivity contribution in [1.29, 1.82) is 0 Å². The Hall–Kier alpha value is -1.60. The summed E-state index contributed by atoms with van der Waals surface area (Å²) >= 11 is 0. The Morgan fingerprint density at radius 1 is 1.45 bits per heavy atom. The van der Waals surface area contributed by atoms with Gasteiger partial charge < -0.3 is 9.84 Å². The molecule has 110 valence electrons. The fourth-order valence-corrected chi connectivity index (χ4v) is 3.17. The molecule has 0 heterocycles. The number of rotatable bonds is 6. The number of hydrogen-bond acceptors (Lipinski definition) is 4. The van der Waals surface area contributed by atoms with E-state index in [4.69, 9.17) is 9.84 Å². The smallest absolute Gasteiger partial charge is 0.339 e. The van der Waals surface area contributed by atoms with Gasteiger partial charge in [-0.2, -0.15) is 0 Å². The standard InChI is InChI=1S/C13H17NO5S/c1-19-12-6-5-10(7-11(12)13(15)16)20(17,18)14-8-9-3-2-4-9/h5-7,9,14H,2-4,8H2,1H3,(H,15,16). The average molecular weight is 299 g/mol. The van der Waals surface area contributed by atoms with Gasteiger partial charge in [-0.15, -0.1) is 0 Å². The van der Waals surface area contributed by atoms with E-state index in [1.54, 1.807) is 0 Å². The lowest BCUT2D eigenvalue weighted by atomic mass is 9.86. The van der Waals surface area contributed by atoms with E-state index in [9.17, 15) is 13.2 Å². The Kier molecular flexibility index (Phi) is 4.29. The molecule has 1 saturated carbocycles. The van der Waals surface area contributed by atoms with Gasteiger partial charge in [-0.3, -0.25) is 0 Å². The minimum Gasteiger partial charge on any atom is -0.496 e. The van der Waals surface area contributed by atoms with Crippen molar-refractivity contribution in [3.05, 3.63) is 23.8 Å². The summed E-state index contributed by atoms with van der Waals surface area (Å²) < 4.78 is 31.6. The van der Waals surface area contributed by atoms with Gasteiger partial charge in [0.15, 0.2) is 0 Å². The van der Waals surface area contributed by atoms with Crippen molar-refractivity contribution in [2.24, 2.45) is 5.92 Å². The number of aromatic carboxylic acids is 1. The zero-order valence-corrected chi connectivity index (χ0v) is 11.9. The van der Waals surface area contributed by atoms with Crippen molar-refractivity contribution in [2.75, 3.05) is 13.7 Å². The second-order valence-electron chi connectivity index (χ2n) is 4.82. The minimum atomic E-state index is -3.68. The number of sulfonamides is 1. The van der Waals surface area contributed by atoms with E-state index in [1.807, 2.05) is 0 Å². The lowest BCUT2D eigenvalue weighted by Crippen LogP contribution is -2.32. The van der Waals surface area contributed by atoms with Crippen LogP contribution in [0.5, 0.6) is 5.75 Å². The van der Waals surface area contributed by atoms with Gasteiger partial charge in [0.1, 0.15) is 11.3 Å². The molecule has 0 saturated heterocycles. The predicted octanol–water partition coefficient (Wildman–Crippen LogP) is 1.47. The van der Waals surface area contributed by atoms with Crippen molar-refractivity contribution in [2.45, 2.75) is 24.2 Å². The van der Waals surface area contributed by atoms with Crippen molar-refractivity contribution in [3.8, 4) is 5.75 Å². The predicted molar refractivity (Wildman–Crippen MR) is 72.5 cm³/mol. The van der Waals surface area contributed by atoms with Crippen LogP contribution in [0.25, 0.3) is 0 Å². The summed E-state index contributed by atoms with van der Waals surface area (Å²) in [6, 6.07) is 3.81. The summed E-state index contributed by atoms with van der Waals surface area (Å²) in [6.45, 7) is 0.400. The normalized spacial score (nSPS) is 15.7. The molecule has 1 fully saturated rings. The number of ether oxygens (including phenoxy) is 1. The second-order valence-corrected chi connectivity index (χ2v) is 6.58. The SMILES string of the molecule is COc1ccc(S(=O)(=O)NCC2CCC2)cc1C(=O)O. The van der Waals surface area contributed by atoms with E-state index in [-0.39, 0.29) is 16.2 Å². The first-order valence-electron chi connectivity index (χ1n) is 6.35. The largest absolute Gasteiger partial charge is 0.496 e. The lowest BCUT2D eigenvalue weighted by Gasteiger charge is -2.25. The van der Waals surface area contributed by atoms with Crippen LogP contribution >= 0.6 is 0 Å². The molecule has 0 aliphatic heterocycles. The molecule has 0 aromatic heterocycles. The number of carbonyl (C=O) groups is 1. The van der Waals surface area contributed by atoms with Crippen LogP contribution < -0.4 is 9.46 Å². The Labute approximate surface area is 117 Å². The maximum Gasteiger partial charge on any atom is 0.339 e. The van der Waals surface area contributed by atoms with Gasteiger partial charge in [0.2, 0.25) is 10.0 Å². The van der Waals surface area contributed by atoms with E-state index in [0.717, 1.165) is 25.3 Å². The van der Waals surface area contributed by atoms with Crippen molar-refractivity contribution in [1.82, 2.24) is 4.72 Å². The second kappa shape index (κ2) is 5.80. The molecule has 1 aliphatic carbocycles. The van der Waals surface area contributed by atoms with Gasteiger partial charge in [0.05, 0.1) is 12.0 Å². The van der Waals surface area contributed by atoms with Crippen LogP contribution in [0, 0.1) is 5.92 Å². The average Bonchev–Trinajstić information content (AvgIpc) is 2.35. The van der Waals surface area contributed by atoms with Gasteiger partial charge in [-0.25, -0.2) is 17.9 Å². The minimum absolute atomic E-state index is 0.0602. The van der Waals surface area contributed by atoms with Crippen LogP contribution in [0.2, 0.25) is 0 Å². The maximum atomic E-state index is 12.1. The lowest BCUT2D eigenvalue weighted by molar-refractivity contribution is 0.0693. The summed E-state index contributed by atoms with van der Waals surface area (Å²) in [6.07, 6.45) is 3.20. The van der Waals surface area contributed by atoms with Gasteiger partial charge in [-0.1, -0.05) is 6.42 Å². The Morgan fingerprint density at radius 3 is 2.65 bits per heavy atom. The first kappa shape index (κ1) is 14.8. The molecular formula is C13H17NO5S. The van der Waals surface area contributed by atoms with E-state index < -0.39 is 16.0 Å². The zero-order chi connectivity index (χ0) is 14.8. The quantitative estimate of drug-likeness (QED) is 0.830. The third-order valence-electron chi connectivity index (χ3n) is 3.50. The molecule has 0 unspecified atom stereocenters. The molecule has 1 aromatic rings. The molecule has 0 spiro atoms. The van der Waals surface area contributed by atoms with E-state index in [0.29, 0.717) is 12.5 Å². The Bertz CT molecular complexity index is 607. The van der Waals surface area contributed by atoms with Gasteiger partial charge in [0.25, 0.3) is 0 Å². The maximum absolute atomic E-state index is 12.1. The van der Waals surface area contributed by atoms with Gasteiger partial charge in [-0.05, 0) is 37.0 Å². The number of methoxy groups -OCH3 is 1. The summed E-state index contributed by atoms with van der Waals surface area (Å²) in [5.41, 5.74) is -0.168. The summed E-state index contributed by atoms with van der Waals surface area (Å²) in [4.78, 5) is 11.0. The number of benzene rings is 1. The molecule has 7 heteroatoms. The molecule has 0 atom stereocenters. The molecule has 6 nitrogen and oxygen atoms in total. The molecule has 0 radical (unpaired) electrons. The summed E-state index contributed by atoms with van der Waals surface area (Å²) in [5.74, 6) is -0.699. The van der Waals surface area contributed by atoms with Crippen LogP contribution in [0.3, 0.4) is 0 Å². The number of carboxylic acids is 1. The number of carboxylic acid groups (broad SMARTS) is 1. The van der Waals surface area contributed by atoms with E-state index in [1.165, 1.54) is 19.2 Å². The fourth-order valence-electron chi connectivity index (χ4n) is 2.03. The van der Waals surface area contributed by atoms with E-state index >= 15 is 0 Å². The third-order valence-corrected chi connectivity index (χ3v) is 4.92. The summed E-state index contributed by atoms with van der Waals surface area (Å²) in [7, 11) is -2.34. The highest BCUT2D eigenvalue weighted by atomic mass is 32.2.